The number of amides is 1. The van der Waals surface area contributed by atoms with E-state index in [0.717, 1.165) is 56.9 Å². The predicted molar refractivity (Wildman–Crippen MR) is 132 cm³/mol. The standard InChI is InChI=1S/C29H33FNO5/c1-2-34-25-13-7-12-22(26(25)30)21-15-14-19(16-18(21)17-35-20-8-3-4-9-20)31-28(33)24-11-6-5-10-23(24)27(32)29(31)36-31/h7,12-16,20,23-24,29H,2-6,8-11,17H2,1H3/q+1/t23-,24+,29-,31?/m1/s1. The van der Waals surface area contributed by atoms with Gasteiger partial charge in [0, 0.05) is 23.6 Å². The first-order valence-corrected chi connectivity index (χ1v) is 13.4. The maximum atomic E-state index is 15.4. The Bertz CT molecular complexity index is 1190. The number of rotatable bonds is 7. The molecule has 2 aliphatic heterocycles. The minimum Gasteiger partial charge on any atom is -0.491 e. The largest absolute Gasteiger partial charge is 0.491 e. The van der Waals surface area contributed by atoms with Gasteiger partial charge in [-0.3, -0.25) is 4.79 Å². The first-order chi connectivity index (χ1) is 17.5. The number of quaternary nitrogens is 1. The third kappa shape index (κ3) is 3.80. The SMILES string of the molecule is CCOc1cccc(-c2ccc([N+]34O[C@@H]3C(=O)[C@@H]3CCCC[C@@H]3C4=O)cc2COC2CCCC2)c1F. The van der Waals surface area contributed by atoms with E-state index in [2.05, 4.69) is 0 Å². The Balaban J connectivity index is 1.39. The van der Waals surface area contributed by atoms with Gasteiger partial charge < -0.3 is 9.47 Å². The van der Waals surface area contributed by atoms with Crippen molar-refractivity contribution in [2.24, 2.45) is 11.8 Å². The number of carbonyl (C=O) groups excluding carboxylic acids is 2. The van der Waals surface area contributed by atoms with E-state index in [0.29, 0.717) is 30.0 Å². The average Bonchev–Trinajstić information content (AvgIpc) is 3.46. The fourth-order valence-corrected chi connectivity index (χ4v) is 6.47. The average molecular weight is 495 g/mol. The first-order valence-electron chi connectivity index (χ1n) is 13.4. The van der Waals surface area contributed by atoms with E-state index in [4.69, 9.17) is 14.3 Å². The normalized spacial score (nSPS) is 29.7. The maximum Gasteiger partial charge on any atom is 0.357 e. The number of ether oxygens (including phenoxy) is 2. The van der Waals surface area contributed by atoms with Gasteiger partial charge >= 0.3 is 12.1 Å². The van der Waals surface area contributed by atoms with Crippen LogP contribution in [0.4, 0.5) is 10.1 Å². The van der Waals surface area contributed by atoms with E-state index in [1.54, 1.807) is 24.3 Å². The topological polar surface area (TPSA) is 65.1 Å². The summed E-state index contributed by atoms with van der Waals surface area (Å²) in [7, 11) is 0. The Kier molecular flexibility index (Phi) is 6.18. The van der Waals surface area contributed by atoms with Crippen molar-refractivity contribution in [3.63, 3.8) is 0 Å². The van der Waals surface area contributed by atoms with Crippen molar-refractivity contribution >= 4 is 17.4 Å². The molecule has 2 heterocycles. The van der Waals surface area contributed by atoms with Crippen molar-refractivity contribution in [2.45, 2.75) is 77.2 Å². The maximum absolute atomic E-state index is 15.4. The number of hydrogen-bond acceptors (Lipinski definition) is 5. The van der Waals surface area contributed by atoms with Crippen molar-refractivity contribution in [3.05, 3.63) is 47.8 Å². The second kappa shape index (κ2) is 9.36. The molecule has 0 bridgehead atoms. The molecule has 0 N–H and O–H groups in total. The Labute approximate surface area is 210 Å². The molecule has 2 aromatic carbocycles. The van der Waals surface area contributed by atoms with Crippen LogP contribution in [-0.2, 0) is 25.8 Å². The molecule has 1 unspecified atom stereocenters. The van der Waals surface area contributed by atoms with Gasteiger partial charge in [-0.05, 0) is 60.5 Å². The van der Waals surface area contributed by atoms with E-state index in [9.17, 15) is 9.59 Å². The molecule has 2 saturated heterocycles. The number of nitrogens with zero attached hydrogens (tertiary/aromatic N) is 1. The van der Waals surface area contributed by atoms with Crippen LogP contribution in [0.25, 0.3) is 11.1 Å². The van der Waals surface area contributed by atoms with Crippen LogP contribution < -0.4 is 9.38 Å². The fraction of sp³-hybridized carbons (Fsp3) is 0.517. The summed E-state index contributed by atoms with van der Waals surface area (Å²) in [6, 6.07) is 10.6. The number of halogens is 1. The number of carbonyl (C=O) groups is 2. The summed E-state index contributed by atoms with van der Waals surface area (Å²) in [5.41, 5.74) is 2.52. The van der Waals surface area contributed by atoms with Crippen LogP contribution in [0.5, 0.6) is 5.75 Å². The van der Waals surface area contributed by atoms with Gasteiger partial charge in [0.05, 0.1) is 25.2 Å². The van der Waals surface area contributed by atoms with Crippen LogP contribution in [-0.4, -0.2) is 30.6 Å². The van der Waals surface area contributed by atoms with Gasteiger partial charge in [0.25, 0.3) is 0 Å². The predicted octanol–water partition coefficient (Wildman–Crippen LogP) is 5.84. The molecule has 0 spiro atoms. The number of fused-ring (bicyclic) bond motifs is 2. The van der Waals surface area contributed by atoms with Gasteiger partial charge in [-0.15, -0.1) is 4.84 Å². The summed E-state index contributed by atoms with van der Waals surface area (Å²) >= 11 is 0. The number of hydroxylamine groups is 2. The van der Waals surface area contributed by atoms with Crippen LogP contribution in [0.1, 0.15) is 63.9 Å². The van der Waals surface area contributed by atoms with Crippen molar-refractivity contribution in [1.82, 2.24) is 4.65 Å². The summed E-state index contributed by atoms with van der Waals surface area (Å²) in [5, 5.41) is 0. The minimum absolute atomic E-state index is 0.0239. The Hall–Kier alpha value is -2.61. The highest BCUT2D eigenvalue weighted by Gasteiger charge is 2.77. The molecule has 1 amide bonds. The van der Waals surface area contributed by atoms with Crippen molar-refractivity contribution < 1.29 is 28.3 Å². The van der Waals surface area contributed by atoms with E-state index < -0.39 is 12.0 Å². The summed E-state index contributed by atoms with van der Waals surface area (Å²) < 4.78 is 26.8. The summed E-state index contributed by atoms with van der Waals surface area (Å²) in [5.74, 6) is -0.700. The molecule has 2 saturated carbocycles. The Morgan fingerprint density at radius 3 is 2.50 bits per heavy atom. The quantitative estimate of drug-likeness (QED) is 0.357. The van der Waals surface area contributed by atoms with Gasteiger partial charge in [0.15, 0.2) is 17.3 Å². The molecule has 7 heteroatoms. The zero-order valence-corrected chi connectivity index (χ0v) is 20.7. The number of piperidine rings is 1. The van der Waals surface area contributed by atoms with Crippen LogP contribution in [0.3, 0.4) is 0 Å². The highest BCUT2D eigenvalue weighted by atomic mass is 19.1. The highest BCUT2D eigenvalue weighted by Crippen LogP contribution is 2.52. The molecule has 2 aliphatic carbocycles. The van der Waals surface area contributed by atoms with E-state index >= 15 is 4.39 Å². The smallest absolute Gasteiger partial charge is 0.357 e. The van der Waals surface area contributed by atoms with E-state index in [1.807, 2.05) is 19.1 Å². The lowest BCUT2D eigenvalue weighted by molar-refractivity contribution is -0.145. The third-order valence-electron chi connectivity index (χ3n) is 8.37. The monoisotopic (exact) mass is 494 g/mol. The van der Waals surface area contributed by atoms with Crippen LogP contribution in [0.15, 0.2) is 36.4 Å². The van der Waals surface area contributed by atoms with Crippen molar-refractivity contribution in [3.8, 4) is 16.9 Å². The molecule has 4 aliphatic rings. The zero-order chi connectivity index (χ0) is 24.9. The van der Waals surface area contributed by atoms with Gasteiger partial charge in [-0.2, -0.15) is 0 Å². The first kappa shape index (κ1) is 23.8. The van der Waals surface area contributed by atoms with Crippen LogP contribution in [0.2, 0.25) is 0 Å². The molecule has 6 rings (SSSR count). The fourth-order valence-electron chi connectivity index (χ4n) is 6.47. The molecular weight excluding hydrogens is 461 g/mol. The van der Waals surface area contributed by atoms with Crippen molar-refractivity contribution in [2.75, 3.05) is 6.61 Å². The molecule has 0 aromatic heterocycles. The molecule has 4 atom stereocenters. The number of benzene rings is 2. The minimum atomic E-state index is -0.760. The van der Waals surface area contributed by atoms with E-state index in [-0.39, 0.29) is 40.0 Å². The molecule has 190 valence electrons. The van der Waals surface area contributed by atoms with Crippen LogP contribution in [0, 0.1) is 17.7 Å². The summed E-state index contributed by atoms with van der Waals surface area (Å²) in [4.78, 5) is 32.7. The molecule has 0 radical (unpaired) electrons. The van der Waals surface area contributed by atoms with Gasteiger partial charge in [-0.25, -0.2) is 9.18 Å². The molecule has 2 aromatic rings. The molecule has 6 nitrogen and oxygen atoms in total. The van der Waals surface area contributed by atoms with E-state index in [1.165, 1.54) is 0 Å². The van der Waals surface area contributed by atoms with Crippen molar-refractivity contribution in [1.29, 1.82) is 0 Å². The van der Waals surface area contributed by atoms with Gasteiger partial charge in [-0.1, -0.05) is 37.8 Å². The van der Waals surface area contributed by atoms with Gasteiger partial charge in [0.2, 0.25) is 5.78 Å². The zero-order valence-electron chi connectivity index (χ0n) is 20.7. The summed E-state index contributed by atoms with van der Waals surface area (Å²) in [6.45, 7) is 2.49. The molecular formula is C29H33FNO5+. The molecule has 36 heavy (non-hydrogen) atoms. The Morgan fingerprint density at radius 2 is 1.72 bits per heavy atom. The third-order valence-corrected chi connectivity index (χ3v) is 8.37. The number of ketones is 1. The molecule has 4 fully saturated rings. The van der Waals surface area contributed by atoms with Crippen LogP contribution >= 0.6 is 0 Å². The Morgan fingerprint density at radius 1 is 0.972 bits per heavy atom. The summed E-state index contributed by atoms with van der Waals surface area (Å²) in [6.07, 6.45) is 7.20. The lowest BCUT2D eigenvalue weighted by Crippen LogP contribution is -2.53. The lowest BCUT2D eigenvalue weighted by atomic mass is 9.73. The van der Waals surface area contributed by atoms with Gasteiger partial charge in [0.1, 0.15) is 0 Å². The second-order valence-electron chi connectivity index (χ2n) is 10.5. The number of Topliss-reactive ketones (excluding diaryl/α,β-unsaturated/α-hetero) is 1. The lowest BCUT2D eigenvalue weighted by Gasteiger charge is -2.31. The second-order valence-corrected chi connectivity index (χ2v) is 10.5. The number of hydrogen-bond donors (Lipinski definition) is 0. The highest BCUT2D eigenvalue weighted by molar-refractivity contribution is 6.07.